The van der Waals surface area contributed by atoms with Crippen LogP contribution in [0.15, 0.2) is 23.0 Å². The van der Waals surface area contributed by atoms with Gasteiger partial charge in [0.25, 0.3) is 5.56 Å². The van der Waals surface area contributed by atoms with Crippen molar-refractivity contribution in [3.8, 4) is 11.5 Å². The van der Waals surface area contributed by atoms with Gasteiger partial charge in [0.2, 0.25) is 5.91 Å². The van der Waals surface area contributed by atoms with E-state index in [0.717, 1.165) is 26.6 Å². The highest BCUT2D eigenvalue weighted by atomic mass is 32.2. The monoisotopic (exact) mass is 445 g/mol. The van der Waals surface area contributed by atoms with Gasteiger partial charge in [-0.25, -0.2) is 4.98 Å². The van der Waals surface area contributed by atoms with Crippen LogP contribution in [-0.4, -0.2) is 34.3 Å². The van der Waals surface area contributed by atoms with Crippen molar-refractivity contribution in [2.24, 2.45) is 0 Å². The number of aryl methyl sites for hydroxylation is 2. The van der Waals surface area contributed by atoms with Crippen LogP contribution in [0.5, 0.6) is 11.5 Å². The molecule has 0 aliphatic carbocycles. The van der Waals surface area contributed by atoms with Gasteiger partial charge in [0, 0.05) is 11.4 Å². The summed E-state index contributed by atoms with van der Waals surface area (Å²) in [6.07, 6.45) is 0. The highest BCUT2D eigenvalue weighted by molar-refractivity contribution is 7.99. The van der Waals surface area contributed by atoms with Crippen LogP contribution in [0.1, 0.15) is 28.8 Å². The Morgan fingerprint density at radius 2 is 2.07 bits per heavy atom. The lowest BCUT2D eigenvalue weighted by molar-refractivity contribution is -0.120. The molecule has 158 valence electrons. The van der Waals surface area contributed by atoms with Gasteiger partial charge in [-0.15, -0.1) is 23.1 Å². The first-order chi connectivity index (χ1) is 14.4. The van der Waals surface area contributed by atoms with Crippen molar-refractivity contribution in [1.29, 1.82) is 0 Å². The number of thioether (sulfide) groups is 1. The smallest absolute Gasteiger partial charge is 0.259 e. The molecule has 1 aromatic carbocycles. The minimum absolute atomic E-state index is 0.0684. The van der Waals surface area contributed by atoms with Gasteiger partial charge in [-0.1, -0.05) is 6.07 Å². The van der Waals surface area contributed by atoms with Crippen LogP contribution in [-0.2, 0) is 17.1 Å². The van der Waals surface area contributed by atoms with E-state index in [-0.39, 0.29) is 16.7 Å². The maximum Gasteiger partial charge on any atom is 0.259 e. The molecule has 0 saturated heterocycles. The third kappa shape index (κ3) is 4.32. The highest BCUT2D eigenvalue weighted by Crippen LogP contribution is 2.31. The van der Waals surface area contributed by atoms with Crippen LogP contribution < -0.4 is 20.3 Å². The van der Waals surface area contributed by atoms with E-state index >= 15 is 0 Å². The second-order valence-corrected chi connectivity index (χ2v) is 9.66. The fourth-order valence-electron chi connectivity index (χ4n) is 3.18. The molecule has 2 aromatic heterocycles. The summed E-state index contributed by atoms with van der Waals surface area (Å²) in [6, 6.07) is 5.67. The number of benzene rings is 1. The normalized spacial score (nSPS) is 14.0. The Bertz CT molecular complexity index is 1160. The fourth-order valence-corrected chi connectivity index (χ4v) is 5.01. The van der Waals surface area contributed by atoms with E-state index in [1.807, 2.05) is 39.0 Å². The standard InChI is InChI=1S/C21H23N3O4S2/c1-11-12(2)30-21-18(11)20(26)23-17(24-21)10-29-13(3)19(25)22-9-14-4-5-15-16(8-14)28-7-6-27-15/h4-5,8,13H,6-7,9-10H2,1-3H3,(H,22,25)(H,23,24,26)/t13-/m1/s1. The van der Waals surface area contributed by atoms with E-state index in [1.165, 1.54) is 23.1 Å². The van der Waals surface area contributed by atoms with Crippen molar-refractivity contribution >= 4 is 39.2 Å². The molecule has 1 aliphatic rings. The van der Waals surface area contributed by atoms with E-state index in [1.54, 1.807) is 0 Å². The third-order valence-corrected chi connectivity index (χ3v) is 7.26. The Hall–Kier alpha value is -2.52. The Labute approximate surface area is 182 Å². The molecule has 1 atom stereocenters. The lowest BCUT2D eigenvalue weighted by Crippen LogP contribution is -2.30. The molecule has 2 N–H and O–H groups in total. The van der Waals surface area contributed by atoms with Crippen LogP contribution in [0.4, 0.5) is 0 Å². The largest absolute Gasteiger partial charge is 0.486 e. The van der Waals surface area contributed by atoms with Crippen LogP contribution in [0.2, 0.25) is 0 Å². The summed E-state index contributed by atoms with van der Waals surface area (Å²) in [6.45, 7) is 7.27. The molecule has 0 spiro atoms. The fraction of sp³-hybridized carbons (Fsp3) is 0.381. The lowest BCUT2D eigenvalue weighted by atomic mass is 10.2. The highest BCUT2D eigenvalue weighted by Gasteiger charge is 2.17. The predicted molar refractivity (Wildman–Crippen MR) is 120 cm³/mol. The molecule has 3 aromatic rings. The van der Waals surface area contributed by atoms with Gasteiger partial charge >= 0.3 is 0 Å². The first-order valence-electron chi connectivity index (χ1n) is 9.69. The predicted octanol–water partition coefficient (Wildman–Crippen LogP) is 3.31. The summed E-state index contributed by atoms with van der Waals surface area (Å²) >= 11 is 2.96. The van der Waals surface area contributed by atoms with E-state index in [9.17, 15) is 9.59 Å². The number of fused-ring (bicyclic) bond motifs is 2. The maximum absolute atomic E-state index is 12.5. The van der Waals surface area contributed by atoms with Crippen LogP contribution in [0.3, 0.4) is 0 Å². The number of thiophene rings is 1. The number of aromatic nitrogens is 2. The summed E-state index contributed by atoms with van der Waals surface area (Å²) < 4.78 is 11.1. The van der Waals surface area contributed by atoms with Gasteiger partial charge in [0.15, 0.2) is 11.5 Å². The first kappa shape index (κ1) is 20.7. The van der Waals surface area contributed by atoms with Crippen LogP contribution in [0, 0.1) is 13.8 Å². The van der Waals surface area contributed by atoms with Crippen molar-refractivity contribution in [3.05, 3.63) is 50.4 Å². The second kappa shape index (κ2) is 8.69. The van der Waals surface area contributed by atoms with Crippen molar-refractivity contribution in [2.75, 3.05) is 13.2 Å². The van der Waals surface area contributed by atoms with E-state index in [4.69, 9.17) is 9.47 Å². The van der Waals surface area contributed by atoms with Gasteiger partial charge in [-0.05, 0) is 44.0 Å². The molecule has 0 saturated carbocycles. The Morgan fingerprint density at radius 3 is 2.87 bits per heavy atom. The maximum atomic E-state index is 12.5. The molecule has 0 unspecified atom stereocenters. The van der Waals surface area contributed by atoms with Gasteiger partial charge in [-0.2, -0.15) is 0 Å². The zero-order valence-corrected chi connectivity index (χ0v) is 18.7. The van der Waals surface area contributed by atoms with Crippen molar-refractivity contribution in [3.63, 3.8) is 0 Å². The number of hydrogen-bond donors (Lipinski definition) is 2. The Morgan fingerprint density at radius 1 is 1.30 bits per heavy atom. The van der Waals surface area contributed by atoms with Gasteiger partial charge in [0.1, 0.15) is 23.9 Å². The SMILES string of the molecule is Cc1sc2nc(CS[C@H](C)C(=O)NCc3ccc4c(c3)OCCO4)[nH]c(=O)c2c1C. The van der Waals surface area contributed by atoms with Crippen LogP contribution in [0.25, 0.3) is 10.2 Å². The number of rotatable bonds is 6. The molecular weight excluding hydrogens is 422 g/mol. The van der Waals surface area contributed by atoms with E-state index in [0.29, 0.717) is 42.5 Å². The number of amides is 1. The molecule has 1 amide bonds. The summed E-state index contributed by atoms with van der Waals surface area (Å²) in [7, 11) is 0. The first-order valence-corrected chi connectivity index (χ1v) is 11.6. The van der Waals surface area contributed by atoms with Crippen molar-refractivity contribution in [1.82, 2.24) is 15.3 Å². The zero-order chi connectivity index (χ0) is 21.3. The minimum atomic E-state index is -0.282. The second-order valence-electron chi connectivity index (χ2n) is 7.13. The van der Waals surface area contributed by atoms with Crippen LogP contribution >= 0.6 is 23.1 Å². The minimum Gasteiger partial charge on any atom is -0.486 e. The molecule has 1 aliphatic heterocycles. The van der Waals surface area contributed by atoms with E-state index in [2.05, 4.69) is 15.3 Å². The molecule has 9 heteroatoms. The van der Waals surface area contributed by atoms with Crippen molar-refractivity contribution in [2.45, 2.75) is 38.3 Å². The molecule has 7 nitrogen and oxygen atoms in total. The number of nitrogens with one attached hydrogen (secondary N) is 2. The summed E-state index contributed by atoms with van der Waals surface area (Å²) in [4.78, 5) is 34.1. The van der Waals surface area contributed by atoms with E-state index < -0.39 is 0 Å². The molecular formula is C21H23N3O4S2. The molecule has 30 heavy (non-hydrogen) atoms. The Balaban J connectivity index is 1.34. The molecule has 0 bridgehead atoms. The van der Waals surface area contributed by atoms with Gasteiger partial charge < -0.3 is 19.8 Å². The Kier molecular flexibility index (Phi) is 6.01. The third-order valence-electron chi connectivity index (χ3n) is 5.00. The number of carbonyl (C=O) groups is 1. The molecule has 0 fully saturated rings. The molecule has 0 radical (unpaired) electrons. The zero-order valence-electron chi connectivity index (χ0n) is 17.0. The van der Waals surface area contributed by atoms with Crippen molar-refractivity contribution < 1.29 is 14.3 Å². The number of ether oxygens (including phenoxy) is 2. The van der Waals surface area contributed by atoms with Gasteiger partial charge in [0.05, 0.1) is 16.4 Å². The summed E-state index contributed by atoms with van der Waals surface area (Å²) in [5, 5.41) is 3.33. The number of H-pyrrole nitrogens is 1. The summed E-state index contributed by atoms with van der Waals surface area (Å²) in [5.74, 6) is 2.42. The number of aromatic amines is 1. The molecule has 4 rings (SSSR count). The number of carbonyl (C=O) groups excluding carboxylic acids is 1. The number of hydrogen-bond acceptors (Lipinski definition) is 7. The average Bonchev–Trinajstić information content (AvgIpc) is 3.03. The lowest BCUT2D eigenvalue weighted by Gasteiger charge is -2.19. The van der Waals surface area contributed by atoms with Gasteiger partial charge in [-0.3, -0.25) is 9.59 Å². The molecule has 3 heterocycles. The summed E-state index contributed by atoms with van der Waals surface area (Å²) in [5.41, 5.74) is 1.81. The number of nitrogens with zero attached hydrogens (tertiary/aromatic N) is 1. The quantitative estimate of drug-likeness (QED) is 0.605. The average molecular weight is 446 g/mol. The topological polar surface area (TPSA) is 93.3 Å².